The molecule has 0 radical (unpaired) electrons. The second-order valence-electron chi connectivity index (χ2n) is 4.60. The van der Waals surface area contributed by atoms with Gasteiger partial charge in [-0.2, -0.15) is 10.2 Å². The normalized spacial score (nSPS) is 10.5. The molecule has 0 bridgehead atoms. The van der Waals surface area contributed by atoms with Gasteiger partial charge in [0.15, 0.2) is 0 Å². The molecule has 0 spiro atoms. The van der Waals surface area contributed by atoms with E-state index in [0.717, 1.165) is 31.0 Å². The van der Waals surface area contributed by atoms with E-state index in [-0.39, 0.29) is 12.4 Å². The van der Waals surface area contributed by atoms with Crippen molar-refractivity contribution in [2.75, 3.05) is 0 Å². The minimum atomic E-state index is 0. The largest absolute Gasteiger partial charge is 0.307 e. The third kappa shape index (κ3) is 3.81. The van der Waals surface area contributed by atoms with Gasteiger partial charge in [0.25, 0.3) is 0 Å². The van der Waals surface area contributed by atoms with Gasteiger partial charge in [-0.3, -0.25) is 9.36 Å². The molecule has 0 aliphatic carbocycles. The van der Waals surface area contributed by atoms with Crippen LogP contribution in [-0.2, 0) is 26.7 Å². The van der Waals surface area contributed by atoms with E-state index >= 15 is 0 Å². The van der Waals surface area contributed by atoms with Crippen molar-refractivity contribution in [1.29, 1.82) is 0 Å². The lowest BCUT2D eigenvalue weighted by atomic mass is 10.2. The Balaban J connectivity index is 0.00000180. The van der Waals surface area contributed by atoms with Gasteiger partial charge in [-0.25, -0.2) is 0 Å². The standard InChI is InChI=1S/C13H21N5.ClH/c1-5-18-9-12(11(3)16-18)7-14-8-13-6-10(2)15-17(13)4;/h6,9,14H,5,7-8H2,1-4H3;1H. The average molecular weight is 284 g/mol. The highest BCUT2D eigenvalue weighted by Gasteiger charge is 2.05. The van der Waals surface area contributed by atoms with E-state index < -0.39 is 0 Å². The van der Waals surface area contributed by atoms with Crippen LogP contribution in [0.15, 0.2) is 12.3 Å². The van der Waals surface area contributed by atoms with Crippen molar-refractivity contribution in [2.24, 2.45) is 7.05 Å². The SMILES string of the molecule is CCn1cc(CNCc2cc(C)nn2C)c(C)n1.Cl. The first-order valence-electron chi connectivity index (χ1n) is 6.33. The van der Waals surface area contributed by atoms with Crippen LogP contribution in [0.1, 0.15) is 29.6 Å². The molecule has 2 rings (SSSR count). The van der Waals surface area contributed by atoms with Crippen LogP contribution in [0, 0.1) is 13.8 Å². The predicted octanol–water partition coefficient (Wildman–Crippen LogP) is 1.96. The van der Waals surface area contributed by atoms with Gasteiger partial charge in [-0.05, 0) is 26.8 Å². The first kappa shape index (κ1) is 15.7. The van der Waals surface area contributed by atoms with E-state index in [1.165, 1.54) is 11.3 Å². The highest BCUT2D eigenvalue weighted by molar-refractivity contribution is 5.85. The molecule has 0 aromatic carbocycles. The monoisotopic (exact) mass is 283 g/mol. The summed E-state index contributed by atoms with van der Waals surface area (Å²) in [5, 5.41) is 12.2. The highest BCUT2D eigenvalue weighted by atomic mass is 35.5. The van der Waals surface area contributed by atoms with Crippen molar-refractivity contribution in [3.63, 3.8) is 0 Å². The minimum absolute atomic E-state index is 0. The molecule has 5 nitrogen and oxygen atoms in total. The average Bonchev–Trinajstić information content (AvgIpc) is 2.83. The van der Waals surface area contributed by atoms with Crippen molar-refractivity contribution in [3.8, 4) is 0 Å². The number of aryl methyl sites for hydroxylation is 4. The Morgan fingerprint density at radius 2 is 1.95 bits per heavy atom. The highest BCUT2D eigenvalue weighted by Crippen LogP contribution is 2.06. The predicted molar refractivity (Wildman–Crippen MR) is 78.4 cm³/mol. The molecule has 0 amide bonds. The van der Waals surface area contributed by atoms with Gasteiger partial charge in [0.05, 0.1) is 17.1 Å². The number of halogens is 1. The number of rotatable bonds is 5. The van der Waals surface area contributed by atoms with Crippen LogP contribution >= 0.6 is 12.4 Å². The summed E-state index contributed by atoms with van der Waals surface area (Å²) in [6, 6.07) is 2.11. The molecule has 0 saturated carbocycles. The zero-order valence-electron chi connectivity index (χ0n) is 12.0. The second kappa shape index (κ2) is 6.73. The number of nitrogens with one attached hydrogen (secondary N) is 1. The van der Waals surface area contributed by atoms with E-state index in [9.17, 15) is 0 Å². The molecule has 0 unspecified atom stereocenters. The molecule has 2 aromatic rings. The van der Waals surface area contributed by atoms with Crippen molar-refractivity contribution in [3.05, 3.63) is 34.9 Å². The minimum Gasteiger partial charge on any atom is -0.307 e. The van der Waals surface area contributed by atoms with Crippen molar-refractivity contribution in [1.82, 2.24) is 24.9 Å². The fourth-order valence-corrected chi connectivity index (χ4v) is 2.05. The molecular weight excluding hydrogens is 262 g/mol. The number of aromatic nitrogens is 4. The van der Waals surface area contributed by atoms with Crippen LogP contribution in [0.5, 0.6) is 0 Å². The Kier molecular flexibility index (Phi) is 5.57. The smallest absolute Gasteiger partial charge is 0.0638 e. The zero-order valence-corrected chi connectivity index (χ0v) is 12.8. The Bertz CT molecular complexity index is 529. The molecule has 0 atom stereocenters. The van der Waals surface area contributed by atoms with Gasteiger partial charge < -0.3 is 5.32 Å². The molecule has 0 aliphatic heterocycles. The molecule has 2 heterocycles. The van der Waals surface area contributed by atoms with Crippen LogP contribution in [0.3, 0.4) is 0 Å². The third-order valence-corrected chi connectivity index (χ3v) is 3.09. The molecular formula is C13H22ClN5. The summed E-state index contributed by atoms with van der Waals surface area (Å²) >= 11 is 0. The fraction of sp³-hybridized carbons (Fsp3) is 0.538. The summed E-state index contributed by atoms with van der Waals surface area (Å²) in [6.07, 6.45) is 2.11. The summed E-state index contributed by atoms with van der Waals surface area (Å²) in [5.41, 5.74) is 4.62. The van der Waals surface area contributed by atoms with Crippen LogP contribution < -0.4 is 5.32 Å². The van der Waals surface area contributed by atoms with Crippen LogP contribution in [-0.4, -0.2) is 19.6 Å². The van der Waals surface area contributed by atoms with Crippen molar-refractivity contribution in [2.45, 2.75) is 40.4 Å². The molecule has 0 aliphatic rings. The molecule has 19 heavy (non-hydrogen) atoms. The summed E-state index contributed by atoms with van der Waals surface area (Å²) in [7, 11) is 1.98. The maximum absolute atomic E-state index is 4.44. The quantitative estimate of drug-likeness (QED) is 0.913. The topological polar surface area (TPSA) is 47.7 Å². The van der Waals surface area contributed by atoms with E-state index in [1.807, 2.05) is 23.3 Å². The summed E-state index contributed by atoms with van der Waals surface area (Å²) in [5.74, 6) is 0. The van der Waals surface area contributed by atoms with Crippen LogP contribution in [0.4, 0.5) is 0 Å². The number of hydrogen-bond donors (Lipinski definition) is 1. The van der Waals surface area contributed by atoms with E-state index in [0.29, 0.717) is 0 Å². The Hall–Kier alpha value is -1.33. The second-order valence-corrected chi connectivity index (χ2v) is 4.60. The molecule has 2 aromatic heterocycles. The summed E-state index contributed by atoms with van der Waals surface area (Å²) in [4.78, 5) is 0. The number of nitrogens with zero attached hydrogens (tertiary/aromatic N) is 4. The first-order chi connectivity index (χ1) is 8.60. The van der Waals surface area contributed by atoms with Gasteiger partial charge in [0.2, 0.25) is 0 Å². The first-order valence-corrected chi connectivity index (χ1v) is 6.33. The Morgan fingerprint density at radius 1 is 1.21 bits per heavy atom. The van der Waals surface area contributed by atoms with E-state index in [4.69, 9.17) is 0 Å². The molecule has 6 heteroatoms. The maximum atomic E-state index is 4.44. The van der Waals surface area contributed by atoms with Crippen molar-refractivity contribution < 1.29 is 0 Å². The van der Waals surface area contributed by atoms with Crippen LogP contribution in [0.25, 0.3) is 0 Å². The Labute approximate surface area is 120 Å². The van der Waals surface area contributed by atoms with Gasteiger partial charge in [0, 0.05) is 38.4 Å². The summed E-state index contributed by atoms with van der Waals surface area (Å²) < 4.78 is 3.89. The van der Waals surface area contributed by atoms with E-state index in [2.05, 4.69) is 41.6 Å². The lowest BCUT2D eigenvalue weighted by molar-refractivity contribution is 0.622. The maximum Gasteiger partial charge on any atom is 0.0638 e. The van der Waals surface area contributed by atoms with Crippen LogP contribution in [0.2, 0.25) is 0 Å². The van der Waals surface area contributed by atoms with Gasteiger partial charge in [-0.1, -0.05) is 0 Å². The van der Waals surface area contributed by atoms with Crippen molar-refractivity contribution >= 4 is 12.4 Å². The zero-order chi connectivity index (χ0) is 13.1. The van der Waals surface area contributed by atoms with Gasteiger partial charge >= 0.3 is 0 Å². The molecule has 1 N–H and O–H groups in total. The van der Waals surface area contributed by atoms with E-state index in [1.54, 1.807) is 0 Å². The fourth-order valence-electron chi connectivity index (χ4n) is 2.05. The molecule has 0 saturated heterocycles. The lowest BCUT2D eigenvalue weighted by Gasteiger charge is -2.04. The summed E-state index contributed by atoms with van der Waals surface area (Å²) in [6.45, 7) is 8.75. The Morgan fingerprint density at radius 3 is 2.47 bits per heavy atom. The lowest BCUT2D eigenvalue weighted by Crippen LogP contribution is -2.15. The molecule has 0 fully saturated rings. The third-order valence-electron chi connectivity index (χ3n) is 3.09. The number of hydrogen-bond acceptors (Lipinski definition) is 3. The van der Waals surface area contributed by atoms with Gasteiger partial charge in [0.1, 0.15) is 0 Å². The van der Waals surface area contributed by atoms with Gasteiger partial charge in [-0.15, -0.1) is 12.4 Å². The molecule has 106 valence electrons.